The van der Waals surface area contributed by atoms with Crippen molar-refractivity contribution >= 4 is 12.0 Å². The highest BCUT2D eigenvalue weighted by atomic mass is 16.4. The van der Waals surface area contributed by atoms with Gasteiger partial charge in [-0.2, -0.15) is 0 Å². The van der Waals surface area contributed by atoms with Crippen LogP contribution in [-0.4, -0.2) is 29.5 Å². The van der Waals surface area contributed by atoms with Gasteiger partial charge in [0.1, 0.15) is 5.82 Å². The van der Waals surface area contributed by atoms with Gasteiger partial charge in [-0.25, -0.2) is 4.98 Å². The number of pyridine rings is 1. The summed E-state index contributed by atoms with van der Waals surface area (Å²) < 4.78 is 0. The van der Waals surface area contributed by atoms with Crippen molar-refractivity contribution in [3.63, 3.8) is 0 Å². The fraction of sp³-hybridized carbons (Fsp3) is 0.455. The average Bonchev–Trinajstić information content (AvgIpc) is 2.74. The minimum Gasteiger partial charge on any atom is -0.411 e. The van der Waals surface area contributed by atoms with Crippen LogP contribution in [0.15, 0.2) is 17.4 Å². The molecule has 0 amide bonds. The second-order valence-corrected chi connectivity index (χ2v) is 3.84. The molecule has 0 aliphatic carbocycles. The van der Waals surface area contributed by atoms with Gasteiger partial charge in [0.2, 0.25) is 0 Å². The molecule has 1 fully saturated rings. The third-order valence-corrected chi connectivity index (χ3v) is 2.76. The first kappa shape index (κ1) is 9.96. The van der Waals surface area contributed by atoms with E-state index in [-0.39, 0.29) is 0 Å². The molecule has 80 valence electrons. The van der Waals surface area contributed by atoms with E-state index < -0.39 is 0 Å². The highest BCUT2D eigenvalue weighted by Crippen LogP contribution is 2.19. The van der Waals surface area contributed by atoms with Crippen molar-refractivity contribution in [1.29, 1.82) is 0 Å². The lowest BCUT2D eigenvalue weighted by molar-refractivity contribution is 0.322. The quantitative estimate of drug-likeness (QED) is 0.455. The van der Waals surface area contributed by atoms with Gasteiger partial charge in [0.25, 0.3) is 0 Å². The molecule has 1 aliphatic rings. The maximum Gasteiger partial charge on any atom is 0.128 e. The van der Waals surface area contributed by atoms with Crippen LogP contribution in [0.1, 0.15) is 24.0 Å². The average molecular weight is 205 g/mol. The van der Waals surface area contributed by atoms with Gasteiger partial charge in [-0.05, 0) is 31.4 Å². The van der Waals surface area contributed by atoms with Gasteiger partial charge in [0, 0.05) is 24.8 Å². The molecular weight excluding hydrogens is 190 g/mol. The van der Waals surface area contributed by atoms with Gasteiger partial charge in [0.15, 0.2) is 0 Å². The first-order chi connectivity index (χ1) is 7.31. The zero-order chi connectivity index (χ0) is 10.7. The van der Waals surface area contributed by atoms with Crippen LogP contribution in [-0.2, 0) is 0 Å². The minimum absolute atomic E-state index is 0.862. The molecule has 0 unspecified atom stereocenters. The van der Waals surface area contributed by atoms with Crippen molar-refractivity contribution in [2.24, 2.45) is 5.16 Å². The molecule has 4 nitrogen and oxygen atoms in total. The van der Waals surface area contributed by atoms with Crippen LogP contribution in [0.2, 0.25) is 0 Å². The SMILES string of the molecule is Cc1cc(N2CCCC2)ncc1/C=N/O. The van der Waals surface area contributed by atoms with Gasteiger partial charge in [-0.1, -0.05) is 5.16 Å². The van der Waals surface area contributed by atoms with E-state index in [2.05, 4.69) is 15.0 Å². The Labute approximate surface area is 89.2 Å². The van der Waals surface area contributed by atoms with Crippen LogP contribution < -0.4 is 4.90 Å². The summed E-state index contributed by atoms with van der Waals surface area (Å²) in [6, 6.07) is 2.04. The van der Waals surface area contributed by atoms with E-state index in [1.807, 2.05) is 13.0 Å². The highest BCUT2D eigenvalue weighted by molar-refractivity contribution is 5.81. The largest absolute Gasteiger partial charge is 0.411 e. The van der Waals surface area contributed by atoms with Crippen molar-refractivity contribution in [1.82, 2.24) is 4.98 Å². The highest BCUT2D eigenvalue weighted by Gasteiger charge is 2.13. The maximum absolute atomic E-state index is 8.46. The molecule has 0 radical (unpaired) electrons. The van der Waals surface area contributed by atoms with Gasteiger partial charge < -0.3 is 10.1 Å². The van der Waals surface area contributed by atoms with Crippen LogP contribution in [0, 0.1) is 6.92 Å². The molecule has 1 saturated heterocycles. The molecule has 1 aromatic rings. The maximum atomic E-state index is 8.46. The number of aryl methyl sites for hydroxylation is 1. The van der Waals surface area contributed by atoms with Crippen LogP contribution in [0.5, 0.6) is 0 Å². The Bertz CT molecular complexity index is 370. The van der Waals surface area contributed by atoms with E-state index in [1.165, 1.54) is 19.1 Å². The van der Waals surface area contributed by atoms with E-state index in [1.54, 1.807) is 6.20 Å². The fourth-order valence-corrected chi connectivity index (χ4v) is 1.87. The topological polar surface area (TPSA) is 48.7 Å². The zero-order valence-electron chi connectivity index (χ0n) is 8.85. The predicted octanol–water partition coefficient (Wildman–Crippen LogP) is 1.80. The third-order valence-electron chi connectivity index (χ3n) is 2.76. The first-order valence-electron chi connectivity index (χ1n) is 5.20. The number of aromatic nitrogens is 1. The molecule has 0 aromatic carbocycles. The van der Waals surface area contributed by atoms with Crippen molar-refractivity contribution in [2.75, 3.05) is 18.0 Å². The Morgan fingerprint density at radius 2 is 2.20 bits per heavy atom. The van der Waals surface area contributed by atoms with Crippen LogP contribution in [0.3, 0.4) is 0 Å². The summed E-state index contributed by atoms with van der Waals surface area (Å²) in [5.74, 6) is 1.03. The van der Waals surface area contributed by atoms with E-state index in [0.717, 1.165) is 30.0 Å². The van der Waals surface area contributed by atoms with Crippen molar-refractivity contribution < 1.29 is 5.21 Å². The van der Waals surface area contributed by atoms with E-state index >= 15 is 0 Å². The molecule has 1 N–H and O–H groups in total. The zero-order valence-corrected chi connectivity index (χ0v) is 8.85. The number of nitrogens with zero attached hydrogens (tertiary/aromatic N) is 3. The van der Waals surface area contributed by atoms with Crippen LogP contribution in [0.25, 0.3) is 0 Å². The summed E-state index contributed by atoms with van der Waals surface area (Å²) in [5.41, 5.74) is 1.95. The van der Waals surface area contributed by atoms with E-state index in [0.29, 0.717) is 0 Å². The van der Waals surface area contributed by atoms with E-state index in [9.17, 15) is 0 Å². The van der Waals surface area contributed by atoms with Crippen molar-refractivity contribution in [3.8, 4) is 0 Å². The van der Waals surface area contributed by atoms with Gasteiger partial charge in [-0.15, -0.1) is 0 Å². The molecule has 1 aliphatic heterocycles. The number of hydrogen-bond acceptors (Lipinski definition) is 4. The molecule has 2 heterocycles. The lowest BCUT2D eigenvalue weighted by Crippen LogP contribution is -2.19. The molecule has 1 aromatic heterocycles. The lowest BCUT2D eigenvalue weighted by Gasteiger charge is -2.16. The Hall–Kier alpha value is -1.58. The molecule has 4 heteroatoms. The number of oxime groups is 1. The van der Waals surface area contributed by atoms with Gasteiger partial charge >= 0.3 is 0 Å². The number of hydrogen-bond donors (Lipinski definition) is 1. The Morgan fingerprint density at radius 3 is 2.80 bits per heavy atom. The Morgan fingerprint density at radius 1 is 1.47 bits per heavy atom. The van der Waals surface area contributed by atoms with Crippen molar-refractivity contribution in [2.45, 2.75) is 19.8 Å². The molecule has 0 atom stereocenters. The summed E-state index contributed by atoms with van der Waals surface area (Å²) in [7, 11) is 0. The second-order valence-electron chi connectivity index (χ2n) is 3.84. The van der Waals surface area contributed by atoms with Crippen molar-refractivity contribution in [3.05, 3.63) is 23.4 Å². The Kier molecular flexibility index (Phi) is 2.85. The Balaban J connectivity index is 2.24. The molecule has 0 spiro atoms. The third kappa shape index (κ3) is 2.09. The molecule has 0 saturated carbocycles. The molecular formula is C11H15N3O. The lowest BCUT2D eigenvalue weighted by atomic mass is 10.2. The number of rotatable bonds is 2. The van der Waals surface area contributed by atoms with E-state index in [4.69, 9.17) is 5.21 Å². The minimum atomic E-state index is 0.862. The number of anilines is 1. The normalized spacial score (nSPS) is 16.5. The molecule has 0 bridgehead atoms. The van der Waals surface area contributed by atoms with Gasteiger partial charge in [0.05, 0.1) is 6.21 Å². The predicted molar refractivity (Wildman–Crippen MR) is 59.8 cm³/mol. The fourth-order valence-electron chi connectivity index (χ4n) is 1.87. The van der Waals surface area contributed by atoms with Crippen LogP contribution >= 0.6 is 0 Å². The summed E-state index contributed by atoms with van der Waals surface area (Å²) >= 11 is 0. The summed E-state index contributed by atoms with van der Waals surface area (Å²) in [4.78, 5) is 6.65. The molecule has 2 rings (SSSR count). The summed E-state index contributed by atoms with van der Waals surface area (Å²) in [5, 5.41) is 11.5. The molecule has 15 heavy (non-hydrogen) atoms. The summed E-state index contributed by atoms with van der Waals surface area (Å²) in [6.45, 7) is 4.19. The first-order valence-corrected chi connectivity index (χ1v) is 5.20. The standard InChI is InChI=1S/C11H15N3O/c1-9-6-11(14-4-2-3-5-14)12-7-10(9)8-13-15/h6-8,15H,2-5H2,1H3/b13-8+. The second kappa shape index (κ2) is 4.29. The summed E-state index contributed by atoms with van der Waals surface area (Å²) in [6.07, 6.45) is 5.67. The monoisotopic (exact) mass is 205 g/mol. The van der Waals surface area contributed by atoms with Gasteiger partial charge in [-0.3, -0.25) is 0 Å². The smallest absolute Gasteiger partial charge is 0.128 e. The van der Waals surface area contributed by atoms with Crippen LogP contribution in [0.4, 0.5) is 5.82 Å².